The van der Waals surface area contributed by atoms with E-state index in [1.54, 1.807) is 14.2 Å². The minimum Gasteiger partial charge on any atom is -0.493 e. The molecule has 1 saturated carbocycles. The molecule has 0 radical (unpaired) electrons. The van der Waals surface area contributed by atoms with Crippen molar-refractivity contribution < 1.29 is 9.47 Å². The number of rotatable bonds is 3. The molecule has 0 bridgehead atoms. The fourth-order valence-corrected chi connectivity index (χ4v) is 3.16. The summed E-state index contributed by atoms with van der Waals surface area (Å²) in [6, 6.07) is 6.98. The largest absolute Gasteiger partial charge is 0.493 e. The quantitative estimate of drug-likeness (QED) is 0.826. The van der Waals surface area contributed by atoms with Gasteiger partial charge < -0.3 is 14.0 Å². The predicted octanol–water partition coefficient (Wildman–Crippen LogP) is 4.16. The molecule has 0 amide bonds. The average molecular weight is 259 g/mol. The molecule has 1 aromatic heterocycles. The number of hydrogen-bond donors (Lipinski definition) is 0. The molecular weight excluding hydrogens is 238 g/mol. The Morgan fingerprint density at radius 3 is 2.37 bits per heavy atom. The second-order valence-electron chi connectivity index (χ2n) is 5.28. The maximum absolute atomic E-state index is 5.42. The average Bonchev–Trinajstić information content (AvgIpc) is 2.89. The highest BCUT2D eigenvalue weighted by Crippen LogP contribution is 2.36. The van der Waals surface area contributed by atoms with E-state index in [4.69, 9.17) is 9.47 Å². The van der Waals surface area contributed by atoms with Crippen LogP contribution in [0.2, 0.25) is 0 Å². The third kappa shape index (κ3) is 2.18. The highest BCUT2D eigenvalue weighted by atomic mass is 16.5. The Hall–Kier alpha value is -1.64. The molecule has 0 saturated heterocycles. The first-order valence-corrected chi connectivity index (χ1v) is 7.06. The van der Waals surface area contributed by atoms with Gasteiger partial charge in [0.2, 0.25) is 0 Å². The van der Waals surface area contributed by atoms with Crippen molar-refractivity contribution in [3.05, 3.63) is 24.4 Å². The molecule has 1 aromatic carbocycles. The third-order valence-corrected chi connectivity index (χ3v) is 4.19. The standard InChI is InChI=1S/C16H21NO2/c1-18-15-10-12-8-9-17(13-6-4-3-5-7-13)14(12)11-16(15)19-2/h8-11,13H,3-7H2,1-2H3. The Balaban J connectivity index is 2.06. The number of fused-ring (bicyclic) bond motifs is 1. The summed E-state index contributed by atoms with van der Waals surface area (Å²) < 4.78 is 13.2. The van der Waals surface area contributed by atoms with Crippen molar-refractivity contribution in [2.45, 2.75) is 38.1 Å². The van der Waals surface area contributed by atoms with Crippen molar-refractivity contribution in [2.24, 2.45) is 0 Å². The van der Waals surface area contributed by atoms with E-state index in [1.165, 1.54) is 43.0 Å². The van der Waals surface area contributed by atoms with Crippen LogP contribution < -0.4 is 9.47 Å². The summed E-state index contributed by atoms with van der Waals surface area (Å²) in [6.07, 6.45) is 8.86. The Kier molecular flexibility index (Phi) is 3.36. The van der Waals surface area contributed by atoms with E-state index in [2.05, 4.69) is 29.0 Å². The molecule has 0 N–H and O–H groups in total. The summed E-state index contributed by atoms with van der Waals surface area (Å²) >= 11 is 0. The van der Waals surface area contributed by atoms with Crippen LogP contribution in [0, 0.1) is 0 Å². The summed E-state index contributed by atoms with van der Waals surface area (Å²) in [6.45, 7) is 0. The smallest absolute Gasteiger partial charge is 0.162 e. The van der Waals surface area contributed by atoms with Crippen LogP contribution in [0.4, 0.5) is 0 Å². The minimum absolute atomic E-state index is 0.643. The van der Waals surface area contributed by atoms with Crippen LogP contribution in [-0.2, 0) is 0 Å². The maximum atomic E-state index is 5.42. The molecule has 102 valence electrons. The van der Waals surface area contributed by atoms with Gasteiger partial charge in [-0.25, -0.2) is 0 Å². The fraction of sp³-hybridized carbons (Fsp3) is 0.500. The lowest BCUT2D eigenvalue weighted by Gasteiger charge is -2.24. The lowest BCUT2D eigenvalue weighted by atomic mass is 9.95. The molecule has 2 aromatic rings. The van der Waals surface area contributed by atoms with Gasteiger partial charge in [0.15, 0.2) is 11.5 Å². The first-order chi connectivity index (χ1) is 9.33. The minimum atomic E-state index is 0.643. The SMILES string of the molecule is COc1cc2ccn(C3CCCCC3)c2cc1OC. The first kappa shape index (κ1) is 12.4. The van der Waals surface area contributed by atoms with Gasteiger partial charge >= 0.3 is 0 Å². The Morgan fingerprint density at radius 2 is 1.68 bits per heavy atom. The third-order valence-electron chi connectivity index (χ3n) is 4.19. The normalized spacial score (nSPS) is 16.7. The van der Waals surface area contributed by atoms with Crippen LogP contribution in [-0.4, -0.2) is 18.8 Å². The summed E-state index contributed by atoms with van der Waals surface area (Å²) in [5.41, 5.74) is 1.25. The molecule has 1 aliphatic rings. The van der Waals surface area contributed by atoms with Crippen molar-refractivity contribution in [3.63, 3.8) is 0 Å². The zero-order chi connectivity index (χ0) is 13.2. The van der Waals surface area contributed by atoms with Gasteiger partial charge in [-0.1, -0.05) is 19.3 Å². The molecule has 1 heterocycles. The molecule has 1 aliphatic carbocycles. The number of hydrogen-bond acceptors (Lipinski definition) is 2. The molecule has 3 rings (SSSR count). The molecule has 3 heteroatoms. The van der Waals surface area contributed by atoms with Gasteiger partial charge in [0.25, 0.3) is 0 Å². The van der Waals surface area contributed by atoms with Crippen molar-refractivity contribution in [3.8, 4) is 11.5 Å². The number of aromatic nitrogens is 1. The lowest BCUT2D eigenvalue weighted by Crippen LogP contribution is -2.11. The van der Waals surface area contributed by atoms with Crippen LogP contribution in [0.5, 0.6) is 11.5 Å². The molecule has 1 fully saturated rings. The van der Waals surface area contributed by atoms with Gasteiger partial charge in [-0.2, -0.15) is 0 Å². The lowest BCUT2D eigenvalue weighted by molar-refractivity contribution is 0.352. The Bertz CT molecular complexity index is 567. The summed E-state index contributed by atoms with van der Waals surface area (Å²) in [4.78, 5) is 0. The first-order valence-electron chi connectivity index (χ1n) is 7.06. The van der Waals surface area contributed by atoms with Crippen molar-refractivity contribution >= 4 is 10.9 Å². The highest BCUT2D eigenvalue weighted by Gasteiger charge is 2.18. The second kappa shape index (κ2) is 5.16. The molecule has 19 heavy (non-hydrogen) atoms. The van der Waals surface area contributed by atoms with Crippen molar-refractivity contribution in [1.29, 1.82) is 0 Å². The fourth-order valence-electron chi connectivity index (χ4n) is 3.16. The number of benzene rings is 1. The zero-order valence-corrected chi connectivity index (χ0v) is 11.7. The van der Waals surface area contributed by atoms with E-state index in [1.807, 2.05) is 0 Å². The van der Waals surface area contributed by atoms with E-state index in [-0.39, 0.29) is 0 Å². The number of nitrogens with zero attached hydrogens (tertiary/aromatic N) is 1. The van der Waals surface area contributed by atoms with Crippen molar-refractivity contribution in [1.82, 2.24) is 4.57 Å². The van der Waals surface area contributed by atoms with Gasteiger partial charge in [-0.05, 0) is 25.0 Å². The Morgan fingerprint density at radius 1 is 1.00 bits per heavy atom. The van der Waals surface area contributed by atoms with E-state index < -0.39 is 0 Å². The van der Waals surface area contributed by atoms with Gasteiger partial charge in [0.05, 0.1) is 19.7 Å². The molecule has 0 unspecified atom stereocenters. The van der Waals surface area contributed by atoms with E-state index in [0.29, 0.717) is 6.04 Å². The predicted molar refractivity (Wildman–Crippen MR) is 77.2 cm³/mol. The van der Waals surface area contributed by atoms with Crippen LogP contribution in [0.15, 0.2) is 24.4 Å². The van der Waals surface area contributed by atoms with E-state index in [0.717, 1.165) is 11.5 Å². The van der Waals surface area contributed by atoms with E-state index in [9.17, 15) is 0 Å². The molecular formula is C16H21NO2. The van der Waals surface area contributed by atoms with Gasteiger partial charge in [0, 0.05) is 23.7 Å². The van der Waals surface area contributed by atoms with Crippen LogP contribution in [0.25, 0.3) is 10.9 Å². The molecule has 3 nitrogen and oxygen atoms in total. The maximum Gasteiger partial charge on any atom is 0.162 e. The second-order valence-corrected chi connectivity index (χ2v) is 5.28. The topological polar surface area (TPSA) is 23.4 Å². The van der Waals surface area contributed by atoms with Crippen LogP contribution in [0.1, 0.15) is 38.1 Å². The number of methoxy groups -OCH3 is 2. The summed E-state index contributed by atoms with van der Waals surface area (Å²) in [5, 5.41) is 1.23. The van der Waals surface area contributed by atoms with Gasteiger partial charge in [-0.3, -0.25) is 0 Å². The van der Waals surface area contributed by atoms with Gasteiger partial charge in [-0.15, -0.1) is 0 Å². The molecule has 0 spiro atoms. The zero-order valence-electron chi connectivity index (χ0n) is 11.7. The summed E-state index contributed by atoms with van der Waals surface area (Å²) in [7, 11) is 3.37. The van der Waals surface area contributed by atoms with Crippen LogP contribution >= 0.6 is 0 Å². The monoisotopic (exact) mass is 259 g/mol. The Labute approximate surface area is 114 Å². The van der Waals surface area contributed by atoms with Crippen LogP contribution in [0.3, 0.4) is 0 Å². The summed E-state index contributed by atoms with van der Waals surface area (Å²) in [5.74, 6) is 1.61. The van der Waals surface area contributed by atoms with E-state index >= 15 is 0 Å². The number of ether oxygens (including phenoxy) is 2. The van der Waals surface area contributed by atoms with Crippen molar-refractivity contribution in [2.75, 3.05) is 14.2 Å². The molecule has 0 aliphatic heterocycles. The molecule has 0 atom stereocenters. The highest BCUT2D eigenvalue weighted by molar-refractivity contribution is 5.84. The van der Waals surface area contributed by atoms with Gasteiger partial charge in [0.1, 0.15) is 0 Å².